The number of aromatic nitrogens is 3. The van der Waals surface area contributed by atoms with Crippen LogP contribution in [-0.2, 0) is 17.5 Å². The van der Waals surface area contributed by atoms with E-state index in [-0.39, 0.29) is 18.5 Å². The highest BCUT2D eigenvalue weighted by atomic mass is 32.1. The average Bonchev–Trinajstić information content (AvgIpc) is 3.17. The van der Waals surface area contributed by atoms with Gasteiger partial charge in [0, 0.05) is 23.8 Å². The van der Waals surface area contributed by atoms with Crippen molar-refractivity contribution in [3.63, 3.8) is 0 Å². The highest BCUT2D eigenvalue weighted by Gasteiger charge is 2.35. The number of carbonyl (C=O) groups is 1. The number of alkyl halides is 3. The Kier molecular flexibility index (Phi) is 4.62. The van der Waals surface area contributed by atoms with E-state index in [0.29, 0.717) is 12.2 Å². The number of hydrogen-bond donors (Lipinski definition) is 0. The van der Waals surface area contributed by atoms with Crippen molar-refractivity contribution in [2.24, 2.45) is 0 Å². The molecule has 0 aliphatic carbocycles. The van der Waals surface area contributed by atoms with E-state index in [0.717, 1.165) is 35.0 Å². The van der Waals surface area contributed by atoms with Gasteiger partial charge in [0.15, 0.2) is 5.69 Å². The maximum absolute atomic E-state index is 12.7. The molecule has 2 aromatic heterocycles. The monoisotopic (exact) mass is 358 g/mol. The largest absolute Gasteiger partial charge is 0.435 e. The van der Waals surface area contributed by atoms with E-state index in [1.807, 2.05) is 5.38 Å². The summed E-state index contributed by atoms with van der Waals surface area (Å²) in [6.07, 6.45) is -0.0875. The molecule has 1 atom stereocenters. The van der Waals surface area contributed by atoms with Gasteiger partial charge in [-0.2, -0.15) is 18.3 Å². The van der Waals surface area contributed by atoms with Gasteiger partial charge in [-0.1, -0.05) is 0 Å². The number of carbonyl (C=O) groups excluding carboxylic acids is 1. The predicted octanol–water partition coefficient (Wildman–Crippen LogP) is 3.42. The summed E-state index contributed by atoms with van der Waals surface area (Å²) in [4.78, 5) is 18.7. The fourth-order valence-corrected chi connectivity index (χ4v) is 3.70. The minimum atomic E-state index is -4.51. The maximum atomic E-state index is 12.7. The number of thiazole rings is 1. The highest BCUT2D eigenvalue weighted by Crippen LogP contribution is 2.32. The van der Waals surface area contributed by atoms with E-state index >= 15 is 0 Å². The Morgan fingerprint density at radius 1 is 1.42 bits per heavy atom. The molecule has 2 aromatic rings. The van der Waals surface area contributed by atoms with Gasteiger partial charge in [-0.3, -0.25) is 9.48 Å². The van der Waals surface area contributed by atoms with Crippen LogP contribution >= 0.6 is 11.3 Å². The molecule has 0 aromatic carbocycles. The van der Waals surface area contributed by atoms with Crippen LogP contribution in [-0.4, -0.2) is 32.1 Å². The Bertz CT molecular complexity index is 711. The van der Waals surface area contributed by atoms with Crippen LogP contribution in [0.15, 0.2) is 17.6 Å². The fourth-order valence-electron chi connectivity index (χ4n) is 2.91. The molecule has 0 saturated carbocycles. The Balaban J connectivity index is 1.77. The van der Waals surface area contributed by atoms with E-state index in [1.54, 1.807) is 11.1 Å². The molecule has 1 aliphatic heterocycles. The first-order valence-electron chi connectivity index (χ1n) is 7.67. The van der Waals surface area contributed by atoms with Gasteiger partial charge >= 0.3 is 6.18 Å². The van der Waals surface area contributed by atoms with E-state index < -0.39 is 11.9 Å². The van der Waals surface area contributed by atoms with Gasteiger partial charge in [-0.25, -0.2) is 4.98 Å². The number of hydrogen-bond acceptors (Lipinski definition) is 4. The van der Waals surface area contributed by atoms with Gasteiger partial charge in [0.1, 0.15) is 11.6 Å². The Hall–Kier alpha value is -1.90. The third-order valence-electron chi connectivity index (χ3n) is 4.12. The quantitative estimate of drug-likeness (QED) is 0.845. The van der Waals surface area contributed by atoms with Crippen LogP contribution in [0, 0.1) is 6.92 Å². The van der Waals surface area contributed by atoms with Crippen LogP contribution in [0.5, 0.6) is 0 Å². The smallest absolute Gasteiger partial charge is 0.332 e. The molecule has 0 radical (unpaired) electrons. The zero-order valence-corrected chi connectivity index (χ0v) is 13.9. The molecule has 130 valence electrons. The molecule has 3 heterocycles. The van der Waals surface area contributed by atoms with Crippen LogP contribution in [0.2, 0.25) is 0 Å². The number of amides is 1. The lowest BCUT2D eigenvalue weighted by Crippen LogP contribution is -2.40. The molecule has 1 unspecified atom stereocenters. The standard InChI is InChI=1S/C15H17F3N4OS/c1-10-8-12(15(16,17)18)20-22(10)9-13(23)21-6-3-2-4-11(21)14-19-5-7-24-14/h5,7-8,11H,2-4,6,9H2,1H3. The number of likely N-dealkylation sites (tertiary alicyclic amines) is 1. The molecule has 1 saturated heterocycles. The summed E-state index contributed by atoms with van der Waals surface area (Å²) >= 11 is 1.49. The molecule has 9 heteroatoms. The highest BCUT2D eigenvalue weighted by molar-refractivity contribution is 7.09. The lowest BCUT2D eigenvalue weighted by atomic mass is 10.0. The van der Waals surface area contributed by atoms with Gasteiger partial charge < -0.3 is 4.90 Å². The minimum Gasteiger partial charge on any atom is -0.332 e. The third kappa shape index (κ3) is 3.45. The van der Waals surface area contributed by atoms with E-state index in [9.17, 15) is 18.0 Å². The maximum Gasteiger partial charge on any atom is 0.435 e. The molecule has 0 spiro atoms. The summed E-state index contributed by atoms with van der Waals surface area (Å²) in [6.45, 7) is 1.92. The molecule has 0 N–H and O–H groups in total. The molecule has 1 fully saturated rings. The Morgan fingerprint density at radius 2 is 2.21 bits per heavy atom. The van der Waals surface area contributed by atoms with Gasteiger partial charge in [-0.05, 0) is 32.3 Å². The lowest BCUT2D eigenvalue weighted by Gasteiger charge is -2.34. The molecular formula is C15H17F3N4OS. The van der Waals surface area contributed by atoms with Crippen molar-refractivity contribution < 1.29 is 18.0 Å². The zero-order chi connectivity index (χ0) is 17.3. The molecule has 3 rings (SSSR count). The van der Waals surface area contributed by atoms with Gasteiger partial charge in [-0.15, -0.1) is 11.3 Å². The van der Waals surface area contributed by atoms with E-state index in [4.69, 9.17) is 0 Å². The van der Waals surface area contributed by atoms with Crippen molar-refractivity contribution in [1.29, 1.82) is 0 Å². The average molecular weight is 358 g/mol. The summed E-state index contributed by atoms with van der Waals surface area (Å²) in [5, 5.41) is 6.27. The van der Waals surface area contributed by atoms with E-state index in [2.05, 4.69) is 10.1 Å². The zero-order valence-electron chi connectivity index (χ0n) is 13.1. The first-order valence-corrected chi connectivity index (χ1v) is 8.54. The predicted molar refractivity (Wildman–Crippen MR) is 82.4 cm³/mol. The minimum absolute atomic E-state index is 0.0933. The van der Waals surface area contributed by atoms with Crippen molar-refractivity contribution in [3.8, 4) is 0 Å². The number of piperidine rings is 1. The second kappa shape index (κ2) is 6.54. The first-order chi connectivity index (χ1) is 11.4. The number of rotatable bonds is 3. The topological polar surface area (TPSA) is 51.0 Å². The van der Waals surface area contributed by atoms with Gasteiger partial charge in [0.2, 0.25) is 5.91 Å². The van der Waals surface area contributed by atoms with Crippen LogP contribution in [0.25, 0.3) is 0 Å². The molecule has 1 amide bonds. The number of halogens is 3. The van der Waals surface area contributed by atoms with E-state index in [1.165, 1.54) is 18.3 Å². The second-order valence-corrected chi connectivity index (χ2v) is 6.72. The lowest BCUT2D eigenvalue weighted by molar-refractivity contribution is -0.142. The van der Waals surface area contributed by atoms with Crippen molar-refractivity contribution >= 4 is 17.2 Å². The summed E-state index contributed by atoms with van der Waals surface area (Å²) in [5.74, 6) is -0.227. The summed E-state index contributed by atoms with van der Waals surface area (Å²) in [6, 6.07) is 0.867. The molecule has 5 nitrogen and oxygen atoms in total. The van der Waals surface area contributed by atoms with Gasteiger partial charge in [0.25, 0.3) is 0 Å². The second-order valence-electron chi connectivity index (χ2n) is 5.80. The number of aryl methyl sites for hydroxylation is 1. The number of nitrogens with zero attached hydrogens (tertiary/aromatic N) is 4. The van der Waals surface area contributed by atoms with Crippen molar-refractivity contribution in [2.45, 2.75) is 44.9 Å². The Labute approximate surface area is 141 Å². The Morgan fingerprint density at radius 3 is 2.83 bits per heavy atom. The fraction of sp³-hybridized carbons (Fsp3) is 0.533. The van der Waals surface area contributed by atoms with Crippen LogP contribution < -0.4 is 0 Å². The first kappa shape index (κ1) is 16.9. The molecule has 0 bridgehead atoms. The van der Waals surface area contributed by atoms with Crippen LogP contribution in [0.4, 0.5) is 13.2 Å². The molecule has 24 heavy (non-hydrogen) atoms. The summed E-state index contributed by atoms with van der Waals surface area (Å²) in [5.41, 5.74) is -0.651. The van der Waals surface area contributed by atoms with Crippen molar-refractivity contribution in [1.82, 2.24) is 19.7 Å². The summed E-state index contributed by atoms with van der Waals surface area (Å²) < 4.78 is 39.4. The van der Waals surface area contributed by atoms with Crippen LogP contribution in [0.3, 0.4) is 0 Å². The summed E-state index contributed by atoms with van der Waals surface area (Å²) in [7, 11) is 0. The third-order valence-corrected chi connectivity index (χ3v) is 4.99. The normalized spacial score (nSPS) is 18.8. The molecular weight excluding hydrogens is 341 g/mol. The molecule has 1 aliphatic rings. The van der Waals surface area contributed by atoms with Crippen molar-refractivity contribution in [2.75, 3.05) is 6.54 Å². The van der Waals surface area contributed by atoms with Crippen molar-refractivity contribution in [3.05, 3.63) is 34.0 Å². The van der Waals surface area contributed by atoms with Gasteiger partial charge in [0.05, 0.1) is 6.04 Å². The van der Waals surface area contributed by atoms with Crippen LogP contribution in [0.1, 0.15) is 41.7 Å². The SMILES string of the molecule is Cc1cc(C(F)(F)F)nn1CC(=O)N1CCCCC1c1nccs1.